The maximum Gasteiger partial charge on any atom is 0.255 e. The quantitative estimate of drug-likeness (QED) is 0.638. The number of para-hydroxylation sites is 1. The maximum atomic E-state index is 13.0. The average Bonchev–Trinajstić information content (AvgIpc) is 3.21. The van der Waals surface area contributed by atoms with E-state index in [2.05, 4.69) is 10.3 Å². The van der Waals surface area contributed by atoms with Crippen LogP contribution in [0.5, 0.6) is 11.5 Å². The van der Waals surface area contributed by atoms with Crippen molar-refractivity contribution < 1.29 is 19.1 Å². The second kappa shape index (κ2) is 9.12. The van der Waals surface area contributed by atoms with E-state index in [1.165, 1.54) is 0 Å². The normalized spacial score (nSPS) is 14.5. The summed E-state index contributed by atoms with van der Waals surface area (Å²) in [6, 6.07) is 15.3. The number of amides is 2. The number of fused-ring (bicyclic) bond motifs is 1. The molecule has 7 nitrogen and oxygen atoms in total. The number of piperidine rings is 1. The SMILES string of the molecule is COc1ccc(OC2CCN(C(C)=O)CC2)c(C(=O)NCc2cc3ccccc3[nH]2)c1. The predicted molar refractivity (Wildman–Crippen MR) is 118 cm³/mol. The number of aromatic nitrogens is 1. The molecule has 1 aromatic heterocycles. The fourth-order valence-electron chi connectivity index (χ4n) is 3.88. The van der Waals surface area contributed by atoms with Gasteiger partial charge >= 0.3 is 0 Å². The average molecular weight is 421 g/mol. The summed E-state index contributed by atoms with van der Waals surface area (Å²) in [7, 11) is 1.57. The molecule has 0 saturated carbocycles. The summed E-state index contributed by atoms with van der Waals surface area (Å²) in [6.45, 7) is 3.29. The van der Waals surface area contributed by atoms with Crippen molar-refractivity contribution in [3.8, 4) is 11.5 Å². The van der Waals surface area contributed by atoms with Crippen LogP contribution in [0.2, 0.25) is 0 Å². The lowest BCUT2D eigenvalue weighted by molar-refractivity contribution is -0.130. The van der Waals surface area contributed by atoms with E-state index in [0.29, 0.717) is 36.7 Å². The van der Waals surface area contributed by atoms with Gasteiger partial charge in [0.25, 0.3) is 5.91 Å². The van der Waals surface area contributed by atoms with Gasteiger partial charge in [-0.2, -0.15) is 0 Å². The lowest BCUT2D eigenvalue weighted by Crippen LogP contribution is -2.40. The number of aromatic amines is 1. The monoisotopic (exact) mass is 421 g/mol. The first-order valence-electron chi connectivity index (χ1n) is 10.5. The van der Waals surface area contributed by atoms with Crippen molar-refractivity contribution in [1.29, 1.82) is 0 Å². The van der Waals surface area contributed by atoms with E-state index in [9.17, 15) is 9.59 Å². The van der Waals surface area contributed by atoms with Gasteiger partial charge in [0.1, 0.15) is 17.6 Å². The van der Waals surface area contributed by atoms with Crippen LogP contribution in [0.1, 0.15) is 35.8 Å². The fourth-order valence-corrected chi connectivity index (χ4v) is 3.88. The van der Waals surface area contributed by atoms with Crippen LogP contribution in [0.15, 0.2) is 48.5 Å². The molecule has 2 heterocycles. The highest BCUT2D eigenvalue weighted by atomic mass is 16.5. The number of methoxy groups -OCH3 is 1. The third kappa shape index (κ3) is 4.82. The topological polar surface area (TPSA) is 83.7 Å². The van der Waals surface area contributed by atoms with E-state index < -0.39 is 0 Å². The third-order valence-electron chi connectivity index (χ3n) is 5.64. The molecule has 162 valence electrons. The number of ether oxygens (including phenoxy) is 2. The van der Waals surface area contributed by atoms with Crippen molar-refractivity contribution in [2.75, 3.05) is 20.2 Å². The van der Waals surface area contributed by atoms with Crippen LogP contribution in [-0.4, -0.2) is 48.0 Å². The van der Waals surface area contributed by atoms with Gasteiger partial charge in [0.15, 0.2) is 0 Å². The second-order valence-electron chi connectivity index (χ2n) is 7.75. The third-order valence-corrected chi connectivity index (χ3v) is 5.64. The number of likely N-dealkylation sites (tertiary alicyclic amines) is 1. The van der Waals surface area contributed by atoms with Crippen LogP contribution >= 0.6 is 0 Å². The molecule has 2 amide bonds. The summed E-state index contributed by atoms with van der Waals surface area (Å²) < 4.78 is 11.5. The van der Waals surface area contributed by atoms with Gasteiger partial charge in [-0.1, -0.05) is 18.2 Å². The van der Waals surface area contributed by atoms with Crippen molar-refractivity contribution in [3.63, 3.8) is 0 Å². The fraction of sp³-hybridized carbons (Fsp3) is 0.333. The highest BCUT2D eigenvalue weighted by Crippen LogP contribution is 2.27. The van der Waals surface area contributed by atoms with Crippen molar-refractivity contribution in [1.82, 2.24) is 15.2 Å². The number of rotatable bonds is 6. The highest BCUT2D eigenvalue weighted by molar-refractivity contribution is 5.97. The van der Waals surface area contributed by atoms with Gasteiger partial charge in [-0.05, 0) is 35.7 Å². The Morgan fingerprint density at radius 1 is 1.13 bits per heavy atom. The molecule has 2 N–H and O–H groups in total. The van der Waals surface area contributed by atoms with E-state index in [1.807, 2.05) is 35.2 Å². The predicted octanol–water partition coefficient (Wildman–Crippen LogP) is 3.50. The van der Waals surface area contributed by atoms with Gasteiger partial charge < -0.3 is 24.7 Å². The standard InChI is InChI=1S/C24H27N3O4/c1-16(28)27-11-9-19(10-12-27)31-23-8-7-20(30-2)14-21(23)24(29)25-15-18-13-17-5-3-4-6-22(17)26-18/h3-8,13-14,19,26H,9-12,15H2,1-2H3,(H,25,29). The van der Waals surface area contributed by atoms with Gasteiger partial charge in [-0.25, -0.2) is 0 Å². The molecular formula is C24H27N3O4. The minimum absolute atomic E-state index is 0.0377. The van der Waals surface area contributed by atoms with E-state index >= 15 is 0 Å². The first-order valence-corrected chi connectivity index (χ1v) is 10.5. The largest absolute Gasteiger partial charge is 0.497 e. The zero-order valence-electron chi connectivity index (χ0n) is 17.8. The number of nitrogens with one attached hydrogen (secondary N) is 2. The highest BCUT2D eigenvalue weighted by Gasteiger charge is 2.24. The Morgan fingerprint density at radius 3 is 2.61 bits per heavy atom. The molecule has 1 aliphatic rings. The molecule has 0 atom stereocenters. The van der Waals surface area contributed by atoms with Crippen molar-refractivity contribution in [2.45, 2.75) is 32.4 Å². The molecule has 7 heteroatoms. The Kier molecular flexibility index (Phi) is 6.11. The maximum absolute atomic E-state index is 13.0. The van der Waals surface area contributed by atoms with Crippen LogP contribution in [-0.2, 0) is 11.3 Å². The number of hydrogen-bond donors (Lipinski definition) is 2. The molecule has 0 unspecified atom stereocenters. The molecule has 3 aromatic rings. The smallest absolute Gasteiger partial charge is 0.255 e. The van der Waals surface area contributed by atoms with Gasteiger partial charge in [0.2, 0.25) is 5.91 Å². The molecule has 0 bridgehead atoms. The van der Waals surface area contributed by atoms with Gasteiger partial charge in [0.05, 0.1) is 19.2 Å². The minimum Gasteiger partial charge on any atom is -0.497 e. The second-order valence-corrected chi connectivity index (χ2v) is 7.75. The molecule has 2 aromatic carbocycles. The summed E-state index contributed by atoms with van der Waals surface area (Å²) in [5.74, 6) is 0.972. The number of carbonyl (C=O) groups is 2. The Hall–Kier alpha value is -3.48. The minimum atomic E-state index is -0.228. The molecule has 0 radical (unpaired) electrons. The Labute approximate surface area is 181 Å². The van der Waals surface area contributed by atoms with Crippen LogP contribution < -0.4 is 14.8 Å². The Morgan fingerprint density at radius 2 is 1.90 bits per heavy atom. The van der Waals surface area contributed by atoms with Crippen molar-refractivity contribution in [2.24, 2.45) is 0 Å². The number of benzene rings is 2. The molecule has 31 heavy (non-hydrogen) atoms. The molecule has 4 rings (SSSR count). The van der Waals surface area contributed by atoms with E-state index in [-0.39, 0.29) is 17.9 Å². The van der Waals surface area contributed by atoms with Gasteiger partial charge in [0, 0.05) is 44.1 Å². The van der Waals surface area contributed by atoms with Crippen LogP contribution in [0.4, 0.5) is 0 Å². The van der Waals surface area contributed by atoms with Crippen LogP contribution in [0, 0.1) is 0 Å². The Bertz CT molecular complexity index is 1050. The molecular weight excluding hydrogens is 394 g/mol. The van der Waals surface area contributed by atoms with Crippen LogP contribution in [0.3, 0.4) is 0 Å². The molecule has 0 spiro atoms. The summed E-state index contributed by atoms with van der Waals surface area (Å²) in [6.07, 6.45) is 1.44. The van der Waals surface area contributed by atoms with E-state index in [1.54, 1.807) is 32.2 Å². The summed E-state index contributed by atoms with van der Waals surface area (Å²) in [5.41, 5.74) is 2.40. The van der Waals surface area contributed by atoms with E-state index in [0.717, 1.165) is 29.4 Å². The Balaban J connectivity index is 1.45. The lowest BCUT2D eigenvalue weighted by atomic mass is 10.1. The van der Waals surface area contributed by atoms with Crippen LogP contribution in [0.25, 0.3) is 10.9 Å². The van der Waals surface area contributed by atoms with Crippen molar-refractivity contribution in [3.05, 3.63) is 59.8 Å². The summed E-state index contributed by atoms with van der Waals surface area (Å²) >= 11 is 0. The van der Waals surface area contributed by atoms with E-state index in [4.69, 9.17) is 9.47 Å². The first kappa shape index (κ1) is 20.8. The van der Waals surface area contributed by atoms with Gasteiger partial charge in [-0.3, -0.25) is 9.59 Å². The molecule has 1 aliphatic heterocycles. The number of H-pyrrole nitrogens is 1. The number of nitrogens with zero attached hydrogens (tertiary/aromatic N) is 1. The first-order chi connectivity index (χ1) is 15.0. The molecule has 0 aliphatic carbocycles. The van der Waals surface area contributed by atoms with Crippen molar-refractivity contribution >= 4 is 22.7 Å². The number of carbonyl (C=O) groups excluding carboxylic acids is 2. The summed E-state index contributed by atoms with van der Waals surface area (Å²) in [4.78, 5) is 29.7. The zero-order valence-corrected chi connectivity index (χ0v) is 17.8. The molecule has 1 saturated heterocycles. The lowest BCUT2D eigenvalue weighted by Gasteiger charge is -2.31. The molecule has 1 fully saturated rings. The zero-order chi connectivity index (χ0) is 21.8. The summed E-state index contributed by atoms with van der Waals surface area (Å²) in [5, 5.41) is 4.07. The number of hydrogen-bond acceptors (Lipinski definition) is 4. The van der Waals surface area contributed by atoms with Gasteiger partial charge in [-0.15, -0.1) is 0 Å².